The fourth-order valence-electron chi connectivity index (χ4n) is 1.95. The van der Waals surface area contributed by atoms with E-state index < -0.39 is 29.0 Å². The van der Waals surface area contributed by atoms with E-state index in [1.807, 2.05) is 0 Å². The highest BCUT2D eigenvalue weighted by atomic mass is 19.1. The third-order valence-corrected chi connectivity index (χ3v) is 2.96. The summed E-state index contributed by atoms with van der Waals surface area (Å²) in [5, 5.41) is 2.11. The maximum atomic E-state index is 13.4. The van der Waals surface area contributed by atoms with Crippen molar-refractivity contribution in [2.75, 3.05) is 5.32 Å². The molecular formula is C15H13F3N2O. The molecule has 2 aromatic rings. The third-order valence-electron chi connectivity index (χ3n) is 2.96. The quantitative estimate of drug-likeness (QED) is 0.911. The van der Waals surface area contributed by atoms with Gasteiger partial charge in [0, 0.05) is 18.7 Å². The summed E-state index contributed by atoms with van der Waals surface area (Å²) in [6.45, 7) is 0.253. The van der Waals surface area contributed by atoms with Crippen molar-refractivity contribution in [2.24, 2.45) is 5.73 Å². The number of rotatable bonds is 4. The molecule has 0 atom stereocenters. The number of benzene rings is 2. The summed E-state index contributed by atoms with van der Waals surface area (Å²) >= 11 is 0. The Labute approximate surface area is 119 Å². The largest absolute Gasteiger partial charge is 0.326 e. The first kappa shape index (κ1) is 15.1. The Morgan fingerprint density at radius 1 is 1.05 bits per heavy atom. The van der Waals surface area contributed by atoms with Crippen molar-refractivity contribution in [3.05, 3.63) is 65.0 Å². The van der Waals surface area contributed by atoms with Crippen LogP contribution in [0.2, 0.25) is 0 Å². The van der Waals surface area contributed by atoms with Crippen LogP contribution in [0.15, 0.2) is 36.4 Å². The third kappa shape index (κ3) is 3.61. The lowest BCUT2D eigenvalue weighted by atomic mass is 10.0. The minimum absolute atomic E-state index is 0.0797. The van der Waals surface area contributed by atoms with Crippen LogP contribution in [0.5, 0.6) is 0 Å². The Morgan fingerprint density at radius 3 is 2.19 bits per heavy atom. The van der Waals surface area contributed by atoms with Gasteiger partial charge in [0.25, 0.3) is 0 Å². The Balaban J connectivity index is 2.16. The molecule has 2 rings (SSSR count). The number of amides is 1. The van der Waals surface area contributed by atoms with Crippen LogP contribution in [0.4, 0.5) is 18.9 Å². The van der Waals surface area contributed by atoms with Gasteiger partial charge in [-0.1, -0.05) is 24.3 Å². The highest BCUT2D eigenvalue weighted by Crippen LogP contribution is 2.20. The molecule has 6 heteroatoms. The molecule has 3 N–H and O–H groups in total. The maximum Gasteiger partial charge on any atom is 0.228 e. The van der Waals surface area contributed by atoms with Crippen molar-refractivity contribution in [1.82, 2.24) is 0 Å². The molecule has 0 heterocycles. The lowest BCUT2D eigenvalue weighted by Crippen LogP contribution is -2.18. The molecule has 110 valence electrons. The first-order chi connectivity index (χ1) is 10.0. The number of carbonyl (C=O) groups is 1. The number of anilines is 1. The second kappa shape index (κ2) is 6.41. The van der Waals surface area contributed by atoms with Crippen molar-refractivity contribution in [2.45, 2.75) is 13.0 Å². The summed E-state index contributed by atoms with van der Waals surface area (Å²) in [4.78, 5) is 11.9. The standard InChI is InChI=1S/C15H13F3N2O/c16-11-6-12(17)15(13(18)7-11)20-14(21)5-9-3-1-2-4-10(9)8-19/h1-4,6-7H,5,8,19H2,(H,20,21). The molecule has 0 aliphatic heterocycles. The van der Waals surface area contributed by atoms with Crippen LogP contribution in [-0.4, -0.2) is 5.91 Å². The van der Waals surface area contributed by atoms with E-state index in [9.17, 15) is 18.0 Å². The molecular weight excluding hydrogens is 281 g/mol. The summed E-state index contributed by atoms with van der Waals surface area (Å²) < 4.78 is 39.7. The predicted molar refractivity (Wildman–Crippen MR) is 73.0 cm³/mol. The summed E-state index contributed by atoms with van der Waals surface area (Å²) in [6.07, 6.45) is -0.0797. The van der Waals surface area contributed by atoms with E-state index in [-0.39, 0.29) is 13.0 Å². The minimum Gasteiger partial charge on any atom is -0.326 e. The van der Waals surface area contributed by atoms with E-state index in [1.54, 1.807) is 24.3 Å². The molecule has 0 aliphatic carbocycles. The molecule has 3 nitrogen and oxygen atoms in total. The van der Waals surface area contributed by atoms with Crippen molar-refractivity contribution < 1.29 is 18.0 Å². The van der Waals surface area contributed by atoms with Gasteiger partial charge >= 0.3 is 0 Å². The van der Waals surface area contributed by atoms with Gasteiger partial charge in [-0.05, 0) is 11.1 Å². The van der Waals surface area contributed by atoms with Crippen LogP contribution in [0.1, 0.15) is 11.1 Å². The number of nitrogens with two attached hydrogens (primary N) is 1. The van der Waals surface area contributed by atoms with Gasteiger partial charge in [-0.25, -0.2) is 13.2 Å². The van der Waals surface area contributed by atoms with Crippen LogP contribution in [0.3, 0.4) is 0 Å². The average molecular weight is 294 g/mol. The molecule has 0 aliphatic rings. The topological polar surface area (TPSA) is 55.1 Å². The monoisotopic (exact) mass is 294 g/mol. The molecule has 0 spiro atoms. The molecule has 0 unspecified atom stereocenters. The highest BCUT2D eigenvalue weighted by Gasteiger charge is 2.15. The van der Waals surface area contributed by atoms with Gasteiger partial charge in [-0.2, -0.15) is 0 Å². The van der Waals surface area contributed by atoms with E-state index in [0.717, 1.165) is 5.56 Å². The maximum absolute atomic E-state index is 13.4. The second-order valence-electron chi connectivity index (χ2n) is 4.44. The normalized spacial score (nSPS) is 10.5. The average Bonchev–Trinajstić information content (AvgIpc) is 2.43. The lowest BCUT2D eigenvalue weighted by Gasteiger charge is -2.10. The summed E-state index contributed by atoms with van der Waals surface area (Å²) in [7, 11) is 0. The van der Waals surface area contributed by atoms with Crippen molar-refractivity contribution in [3.8, 4) is 0 Å². The van der Waals surface area contributed by atoms with E-state index in [0.29, 0.717) is 17.7 Å². The van der Waals surface area contributed by atoms with Crippen LogP contribution >= 0.6 is 0 Å². The SMILES string of the molecule is NCc1ccccc1CC(=O)Nc1c(F)cc(F)cc1F. The number of halogens is 3. The fraction of sp³-hybridized carbons (Fsp3) is 0.133. The predicted octanol–water partition coefficient (Wildman–Crippen LogP) is 2.74. The molecule has 0 aromatic heterocycles. The zero-order valence-electron chi connectivity index (χ0n) is 11.0. The van der Waals surface area contributed by atoms with Crippen molar-refractivity contribution >= 4 is 11.6 Å². The van der Waals surface area contributed by atoms with Gasteiger partial charge in [-0.3, -0.25) is 4.79 Å². The van der Waals surface area contributed by atoms with E-state index in [2.05, 4.69) is 5.32 Å². The smallest absolute Gasteiger partial charge is 0.228 e. The second-order valence-corrected chi connectivity index (χ2v) is 4.44. The van der Waals surface area contributed by atoms with Crippen LogP contribution in [0.25, 0.3) is 0 Å². The van der Waals surface area contributed by atoms with Gasteiger partial charge < -0.3 is 11.1 Å². The molecule has 0 radical (unpaired) electrons. The van der Waals surface area contributed by atoms with Crippen LogP contribution < -0.4 is 11.1 Å². The fourth-order valence-corrected chi connectivity index (χ4v) is 1.95. The molecule has 0 saturated heterocycles. The van der Waals surface area contributed by atoms with Crippen molar-refractivity contribution in [3.63, 3.8) is 0 Å². The first-order valence-electron chi connectivity index (χ1n) is 6.22. The van der Waals surface area contributed by atoms with Gasteiger partial charge in [0.1, 0.15) is 11.5 Å². The number of hydrogen-bond acceptors (Lipinski definition) is 2. The molecule has 0 bridgehead atoms. The molecule has 0 saturated carbocycles. The minimum atomic E-state index is -1.16. The number of nitrogens with one attached hydrogen (secondary N) is 1. The highest BCUT2D eigenvalue weighted by molar-refractivity contribution is 5.92. The Bertz CT molecular complexity index is 651. The summed E-state index contributed by atoms with van der Waals surface area (Å²) in [6, 6.07) is 8.00. The molecule has 2 aromatic carbocycles. The Morgan fingerprint density at radius 2 is 1.62 bits per heavy atom. The van der Waals surface area contributed by atoms with E-state index >= 15 is 0 Å². The van der Waals surface area contributed by atoms with E-state index in [1.165, 1.54) is 0 Å². The molecule has 21 heavy (non-hydrogen) atoms. The van der Waals surface area contributed by atoms with Gasteiger partial charge in [0.15, 0.2) is 11.6 Å². The van der Waals surface area contributed by atoms with Gasteiger partial charge in [0.05, 0.1) is 6.42 Å². The zero-order chi connectivity index (χ0) is 15.4. The van der Waals surface area contributed by atoms with Crippen LogP contribution in [-0.2, 0) is 17.8 Å². The molecule has 0 fully saturated rings. The van der Waals surface area contributed by atoms with E-state index in [4.69, 9.17) is 5.73 Å². The first-order valence-corrected chi connectivity index (χ1v) is 6.22. The number of carbonyl (C=O) groups excluding carboxylic acids is 1. The molecule has 1 amide bonds. The number of hydrogen-bond donors (Lipinski definition) is 2. The Kier molecular flexibility index (Phi) is 4.59. The van der Waals surface area contributed by atoms with Gasteiger partial charge in [0.2, 0.25) is 5.91 Å². The summed E-state index contributed by atoms with van der Waals surface area (Å²) in [5.41, 5.74) is 6.33. The zero-order valence-corrected chi connectivity index (χ0v) is 11.0. The van der Waals surface area contributed by atoms with Crippen molar-refractivity contribution in [1.29, 1.82) is 0 Å². The van der Waals surface area contributed by atoms with Crippen LogP contribution in [0, 0.1) is 17.5 Å². The Hall–Kier alpha value is -2.34. The summed E-state index contributed by atoms with van der Waals surface area (Å²) in [5.74, 6) is -3.97. The lowest BCUT2D eigenvalue weighted by molar-refractivity contribution is -0.115. The van der Waals surface area contributed by atoms with Gasteiger partial charge in [-0.15, -0.1) is 0 Å².